The highest BCUT2D eigenvalue weighted by Crippen LogP contribution is 2.31. The second-order valence-electron chi connectivity index (χ2n) is 6.91. The van der Waals surface area contributed by atoms with E-state index in [0.29, 0.717) is 27.7 Å². The monoisotopic (exact) mass is 450 g/mol. The minimum atomic E-state index is -1.12. The van der Waals surface area contributed by atoms with Gasteiger partial charge in [0.25, 0.3) is 5.91 Å². The standard InChI is InChI=1S/C23H15ClN2O6/c1-12-18(21(27)26(25-12)15-4-2-3-13(9-15)22(28)29)11-16-6-8-20(32-16)19-10-14(24)5-7-17(19)23(30)31/h2-11H,1H3,(H,28,29)(H,30,31)/b18-11+. The van der Waals surface area contributed by atoms with Gasteiger partial charge in [-0.05, 0) is 61.5 Å². The summed E-state index contributed by atoms with van der Waals surface area (Å²) in [4.78, 5) is 35.7. The Bertz CT molecular complexity index is 1340. The molecule has 0 radical (unpaired) electrons. The number of rotatable bonds is 5. The van der Waals surface area contributed by atoms with Gasteiger partial charge in [-0.1, -0.05) is 17.7 Å². The molecule has 0 fully saturated rings. The summed E-state index contributed by atoms with van der Waals surface area (Å²) in [6.07, 6.45) is 1.50. The summed E-state index contributed by atoms with van der Waals surface area (Å²) in [7, 11) is 0. The third kappa shape index (κ3) is 3.91. The van der Waals surface area contributed by atoms with E-state index in [-0.39, 0.29) is 22.5 Å². The van der Waals surface area contributed by atoms with Gasteiger partial charge < -0.3 is 14.6 Å². The first-order valence-electron chi connectivity index (χ1n) is 9.33. The molecule has 0 saturated carbocycles. The first-order valence-corrected chi connectivity index (χ1v) is 9.70. The molecule has 1 amide bonds. The highest BCUT2D eigenvalue weighted by atomic mass is 35.5. The maximum atomic E-state index is 12.9. The first-order chi connectivity index (χ1) is 15.2. The number of hydrazone groups is 1. The van der Waals surface area contributed by atoms with Gasteiger partial charge in [0.05, 0.1) is 28.1 Å². The maximum Gasteiger partial charge on any atom is 0.336 e. The number of amides is 1. The lowest BCUT2D eigenvalue weighted by Crippen LogP contribution is -2.21. The van der Waals surface area contributed by atoms with Crippen LogP contribution in [0.4, 0.5) is 5.69 Å². The zero-order valence-corrected chi connectivity index (χ0v) is 17.3. The van der Waals surface area contributed by atoms with E-state index in [1.165, 1.54) is 42.5 Å². The number of halogens is 1. The van der Waals surface area contributed by atoms with Crippen LogP contribution in [0.1, 0.15) is 33.4 Å². The maximum absolute atomic E-state index is 12.9. The Hall–Kier alpha value is -4.17. The molecule has 160 valence electrons. The zero-order chi connectivity index (χ0) is 23.0. The van der Waals surface area contributed by atoms with Crippen molar-refractivity contribution in [1.29, 1.82) is 0 Å². The van der Waals surface area contributed by atoms with Crippen molar-refractivity contribution in [3.8, 4) is 11.3 Å². The number of benzene rings is 2. The number of carbonyl (C=O) groups is 3. The third-order valence-electron chi connectivity index (χ3n) is 4.79. The van der Waals surface area contributed by atoms with Gasteiger partial charge in [-0.3, -0.25) is 4.79 Å². The number of anilines is 1. The lowest BCUT2D eigenvalue weighted by molar-refractivity contribution is -0.114. The molecule has 0 bridgehead atoms. The molecule has 3 aromatic rings. The van der Waals surface area contributed by atoms with Crippen molar-refractivity contribution in [2.75, 3.05) is 5.01 Å². The van der Waals surface area contributed by atoms with Crippen molar-refractivity contribution in [2.24, 2.45) is 5.10 Å². The van der Waals surface area contributed by atoms with Gasteiger partial charge in [0.2, 0.25) is 0 Å². The normalized spacial score (nSPS) is 14.7. The Morgan fingerprint density at radius 3 is 2.56 bits per heavy atom. The van der Waals surface area contributed by atoms with Crippen molar-refractivity contribution in [1.82, 2.24) is 0 Å². The summed E-state index contributed by atoms with van der Waals surface area (Å²) >= 11 is 6.01. The van der Waals surface area contributed by atoms with E-state index in [1.54, 1.807) is 25.1 Å². The number of hydrogen-bond acceptors (Lipinski definition) is 5. The predicted molar refractivity (Wildman–Crippen MR) is 118 cm³/mol. The highest BCUT2D eigenvalue weighted by Gasteiger charge is 2.29. The molecular formula is C23H15ClN2O6. The van der Waals surface area contributed by atoms with Crippen LogP contribution in [0, 0.1) is 0 Å². The van der Waals surface area contributed by atoms with E-state index in [9.17, 15) is 24.6 Å². The van der Waals surface area contributed by atoms with E-state index in [0.717, 1.165) is 5.01 Å². The molecule has 1 aliphatic heterocycles. The van der Waals surface area contributed by atoms with Crippen LogP contribution in [0.2, 0.25) is 5.02 Å². The number of carboxylic acid groups (broad SMARTS) is 2. The molecule has 0 atom stereocenters. The van der Waals surface area contributed by atoms with Crippen LogP contribution in [0.15, 0.2) is 69.7 Å². The van der Waals surface area contributed by atoms with Crippen molar-refractivity contribution in [2.45, 2.75) is 6.92 Å². The van der Waals surface area contributed by atoms with Crippen LogP contribution >= 0.6 is 11.6 Å². The summed E-state index contributed by atoms with van der Waals surface area (Å²) in [5, 5.41) is 24.3. The Morgan fingerprint density at radius 2 is 1.84 bits per heavy atom. The van der Waals surface area contributed by atoms with Gasteiger partial charge in [-0.25, -0.2) is 9.59 Å². The Balaban J connectivity index is 1.66. The predicted octanol–water partition coefficient (Wildman–Crippen LogP) is 4.80. The van der Waals surface area contributed by atoms with Crippen molar-refractivity contribution >= 4 is 46.9 Å². The molecule has 0 aliphatic carbocycles. The largest absolute Gasteiger partial charge is 0.478 e. The average molecular weight is 451 g/mol. The van der Waals surface area contributed by atoms with Gasteiger partial charge in [0.1, 0.15) is 11.5 Å². The minimum Gasteiger partial charge on any atom is -0.478 e. The molecule has 32 heavy (non-hydrogen) atoms. The molecule has 2 N–H and O–H groups in total. The topological polar surface area (TPSA) is 120 Å². The van der Waals surface area contributed by atoms with Gasteiger partial charge in [0.15, 0.2) is 0 Å². The molecular weight excluding hydrogens is 436 g/mol. The van der Waals surface area contributed by atoms with E-state index in [2.05, 4.69) is 5.10 Å². The van der Waals surface area contributed by atoms with Gasteiger partial charge in [-0.15, -0.1) is 0 Å². The van der Waals surface area contributed by atoms with Gasteiger partial charge in [0, 0.05) is 10.6 Å². The van der Waals surface area contributed by atoms with Crippen LogP contribution in [0.25, 0.3) is 17.4 Å². The molecule has 0 spiro atoms. The van der Waals surface area contributed by atoms with E-state index >= 15 is 0 Å². The summed E-state index contributed by atoms with van der Waals surface area (Å²) < 4.78 is 5.76. The molecule has 1 aliphatic rings. The van der Waals surface area contributed by atoms with Gasteiger partial charge >= 0.3 is 11.9 Å². The summed E-state index contributed by atoms with van der Waals surface area (Å²) in [5.41, 5.74) is 1.38. The number of aromatic carboxylic acids is 2. The van der Waals surface area contributed by atoms with E-state index in [4.69, 9.17) is 16.0 Å². The van der Waals surface area contributed by atoms with Crippen LogP contribution in [-0.2, 0) is 4.79 Å². The summed E-state index contributed by atoms with van der Waals surface area (Å²) in [5.74, 6) is -2.09. The quantitative estimate of drug-likeness (QED) is 0.538. The molecule has 0 saturated heterocycles. The minimum absolute atomic E-state index is 0.0297. The number of carboxylic acids is 2. The fourth-order valence-electron chi connectivity index (χ4n) is 3.25. The second-order valence-corrected chi connectivity index (χ2v) is 7.35. The van der Waals surface area contributed by atoms with Crippen LogP contribution < -0.4 is 5.01 Å². The van der Waals surface area contributed by atoms with Crippen molar-refractivity contribution in [3.05, 3.63) is 82.1 Å². The third-order valence-corrected chi connectivity index (χ3v) is 5.03. The lowest BCUT2D eigenvalue weighted by Gasteiger charge is -2.12. The van der Waals surface area contributed by atoms with E-state index < -0.39 is 17.8 Å². The van der Waals surface area contributed by atoms with Gasteiger partial charge in [-0.2, -0.15) is 10.1 Å². The molecule has 9 heteroatoms. The van der Waals surface area contributed by atoms with Crippen molar-refractivity contribution < 1.29 is 29.0 Å². The molecule has 2 heterocycles. The number of hydrogen-bond donors (Lipinski definition) is 2. The zero-order valence-electron chi connectivity index (χ0n) is 16.6. The fourth-order valence-corrected chi connectivity index (χ4v) is 3.43. The number of carbonyl (C=O) groups excluding carboxylic acids is 1. The Labute approximate surface area is 186 Å². The summed E-state index contributed by atoms with van der Waals surface area (Å²) in [6.45, 7) is 1.65. The number of nitrogens with zero attached hydrogens (tertiary/aromatic N) is 2. The SMILES string of the molecule is CC1=NN(c2cccc(C(=O)O)c2)C(=O)/C1=C/c1ccc(-c2cc(Cl)ccc2C(=O)O)o1. The first kappa shape index (κ1) is 21.1. The Morgan fingerprint density at radius 1 is 1.06 bits per heavy atom. The van der Waals surface area contributed by atoms with Crippen LogP contribution in [-0.4, -0.2) is 33.8 Å². The van der Waals surface area contributed by atoms with Crippen molar-refractivity contribution in [3.63, 3.8) is 0 Å². The summed E-state index contributed by atoms with van der Waals surface area (Å²) in [6, 6.07) is 13.4. The van der Waals surface area contributed by atoms with Crippen LogP contribution in [0.5, 0.6) is 0 Å². The Kier molecular flexibility index (Phi) is 5.38. The second kappa shape index (κ2) is 8.16. The average Bonchev–Trinajstić information content (AvgIpc) is 3.34. The lowest BCUT2D eigenvalue weighted by atomic mass is 10.1. The molecule has 4 rings (SSSR count). The number of furan rings is 1. The molecule has 0 unspecified atom stereocenters. The van der Waals surface area contributed by atoms with E-state index in [1.807, 2.05) is 0 Å². The van der Waals surface area contributed by atoms with Crippen LogP contribution in [0.3, 0.4) is 0 Å². The fraction of sp³-hybridized carbons (Fsp3) is 0.0435. The highest BCUT2D eigenvalue weighted by molar-refractivity contribution is 6.32. The molecule has 2 aromatic carbocycles. The molecule has 1 aromatic heterocycles. The smallest absolute Gasteiger partial charge is 0.336 e. The molecule has 8 nitrogen and oxygen atoms in total.